The molecule has 1 fully saturated rings. The van der Waals surface area contributed by atoms with Gasteiger partial charge in [-0.3, -0.25) is 4.79 Å². The van der Waals surface area contributed by atoms with Gasteiger partial charge in [0.1, 0.15) is 11.6 Å². The number of nitrogens with two attached hydrogens (primary N) is 1. The number of amides is 1. The molecule has 7 nitrogen and oxygen atoms in total. The van der Waals surface area contributed by atoms with Gasteiger partial charge in [0, 0.05) is 29.9 Å². The van der Waals surface area contributed by atoms with Crippen LogP contribution in [0.2, 0.25) is 10.0 Å². The highest BCUT2D eigenvalue weighted by molar-refractivity contribution is 6.40. The van der Waals surface area contributed by atoms with Crippen molar-refractivity contribution in [2.45, 2.75) is 18.8 Å². The highest BCUT2D eigenvalue weighted by Gasteiger charge is 2.26. The van der Waals surface area contributed by atoms with Crippen LogP contribution in [-0.4, -0.2) is 20.9 Å². The van der Waals surface area contributed by atoms with Crippen LogP contribution in [0.5, 0.6) is 0 Å². The summed E-state index contributed by atoms with van der Waals surface area (Å²) in [5.74, 6) is 1.31. The number of carbonyl (C=O) groups is 1. The molecule has 0 unspecified atom stereocenters. The number of hydrogen-bond acceptors (Lipinski definition) is 6. The van der Waals surface area contributed by atoms with Gasteiger partial charge in [0.2, 0.25) is 5.95 Å². The molecule has 0 saturated heterocycles. The molecule has 1 amide bonds. The number of nitrogens with zero attached hydrogens (tertiary/aromatic N) is 3. The molecule has 9 heteroatoms. The number of hydrogen-bond donors (Lipinski definition) is 3. The Morgan fingerprint density at radius 1 is 1.07 bits per heavy atom. The molecule has 2 aromatic heterocycles. The van der Waals surface area contributed by atoms with Crippen LogP contribution in [0.4, 0.5) is 23.3 Å². The topological polar surface area (TPSA) is 106 Å². The lowest BCUT2D eigenvalue weighted by atomic mass is 10.2. The third-order valence-corrected chi connectivity index (χ3v) is 4.85. The minimum atomic E-state index is -0.407. The molecular formula is C19H16Cl2N6O. The van der Waals surface area contributed by atoms with E-state index in [2.05, 4.69) is 25.6 Å². The van der Waals surface area contributed by atoms with Crippen molar-refractivity contribution in [2.24, 2.45) is 0 Å². The Labute approximate surface area is 171 Å². The van der Waals surface area contributed by atoms with E-state index >= 15 is 0 Å². The zero-order chi connectivity index (χ0) is 19.7. The monoisotopic (exact) mass is 414 g/mol. The van der Waals surface area contributed by atoms with E-state index in [4.69, 9.17) is 28.9 Å². The number of nitrogen functional groups attached to an aromatic ring is 1. The van der Waals surface area contributed by atoms with Gasteiger partial charge in [-0.05, 0) is 31.0 Å². The van der Waals surface area contributed by atoms with Crippen molar-refractivity contribution in [3.8, 4) is 0 Å². The SMILES string of the molecule is Nc1nc(Nc2cc(NC(=O)c3c(Cl)cccc3Cl)ccn2)cc(C2CC2)n1. The molecule has 1 aliphatic rings. The maximum atomic E-state index is 12.5. The Hall–Kier alpha value is -2.90. The molecule has 1 aromatic carbocycles. The number of aromatic nitrogens is 3. The summed E-state index contributed by atoms with van der Waals surface area (Å²) in [6, 6.07) is 10.1. The van der Waals surface area contributed by atoms with E-state index in [1.54, 1.807) is 36.5 Å². The van der Waals surface area contributed by atoms with Gasteiger partial charge in [-0.25, -0.2) is 9.97 Å². The van der Waals surface area contributed by atoms with E-state index < -0.39 is 5.91 Å². The molecule has 4 rings (SSSR count). The molecule has 142 valence electrons. The quantitative estimate of drug-likeness (QED) is 0.561. The van der Waals surface area contributed by atoms with Crippen LogP contribution in [-0.2, 0) is 0 Å². The van der Waals surface area contributed by atoms with Crippen LogP contribution in [0.1, 0.15) is 34.8 Å². The zero-order valence-corrected chi connectivity index (χ0v) is 16.1. The predicted molar refractivity (Wildman–Crippen MR) is 110 cm³/mol. The second kappa shape index (κ2) is 7.61. The largest absolute Gasteiger partial charge is 0.368 e. The summed E-state index contributed by atoms with van der Waals surface area (Å²) in [4.78, 5) is 25.3. The van der Waals surface area contributed by atoms with Crippen molar-refractivity contribution in [3.63, 3.8) is 0 Å². The Balaban J connectivity index is 1.53. The fraction of sp³-hybridized carbons (Fsp3) is 0.158. The van der Waals surface area contributed by atoms with Crippen LogP contribution < -0.4 is 16.4 Å². The first-order chi connectivity index (χ1) is 13.5. The molecule has 0 spiro atoms. The van der Waals surface area contributed by atoms with Crippen LogP contribution in [0.25, 0.3) is 0 Å². The van der Waals surface area contributed by atoms with Gasteiger partial charge in [0.05, 0.1) is 21.3 Å². The molecule has 1 aliphatic carbocycles. The summed E-state index contributed by atoms with van der Waals surface area (Å²) in [6.45, 7) is 0. The van der Waals surface area contributed by atoms with Crippen molar-refractivity contribution in [3.05, 3.63) is 63.9 Å². The molecule has 4 N–H and O–H groups in total. The number of benzene rings is 1. The van der Waals surface area contributed by atoms with Crippen LogP contribution in [0.15, 0.2) is 42.6 Å². The fourth-order valence-corrected chi connectivity index (χ4v) is 3.32. The van der Waals surface area contributed by atoms with Crippen molar-refractivity contribution < 1.29 is 4.79 Å². The van der Waals surface area contributed by atoms with Crippen molar-refractivity contribution >= 4 is 52.4 Å². The molecule has 0 radical (unpaired) electrons. The third kappa shape index (κ3) is 4.16. The van der Waals surface area contributed by atoms with Gasteiger partial charge in [0.25, 0.3) is 5.91 Å². The first kappa shape index (κ1) is 18.5. The smallest absolute Gasteiger partial charge is 0.258 e. The summed E-state index contributed by atoms with van der Waals surface area (Å²) >= 11 is 12.2. The first-order valence-electron chi connectivity index (χ1n) is 8.62. The lowest BCUT2D eigenvalue weighted by Crippen LogP contribution is -2.13. The third-order valence-electron chi connectivity index (χ3n) is 4.22. The molecule has 2 heterocycles. The molecular weight excluding hydrogens is 399 g/mol. The number of rotatable bonds is 5. The maximum Gasteiger partial charge on any atom is 0.258 e. The summed E-state index contributed by atoms with van der Waals surface area (Å²) < 4.78 is 0. The average molecular weight is 415 g/mol. The highest BCUT2D eigenvalue weighted by atomic mass is 35.5. The van der Waals surface area contributed by atoms with Crippen molar-refractivity contribution in [2.75, 3.05) is 16.4 Å². The second-order valence-corrected chi connectivity index (χ2v) is 7.23. The van der Waals surface area contributed by atoms with Gasteiger partial charge >= 0.3 is 0 Å². The number of carbonyl (C=O) groups excluding carboxylic acids is 1. The Morgan fingerprint density at radius 3 is 2.54 bits per heavy atom. The van der Waals surface area contributed by atoms with E-state index in [-0.39, 0.29) is 21.6 Å². The first-order valence-corrected chi connectivity index (χ1v) is 9.38. The number of anilines is 4. The van der Waals surface area contributed by atoms with Crippen molar-refractivity contribution in [1.82, 2.24) is 15.0 Å². The number of pyridine rings is 1. The second-order valence-electron chi connectivity index (χ2n) is 6.42. The highest BCUT2D eigenvalue weighted by Crippen LogP contribution is 2.39. The number of halogens is 2. The zero-order valence-electron chi connectivity index (χ0n) is 14.6. The molecule has 1 saturated carbocycles. The lowest BCUT2D eigenvalue weighted by Gasteiger charge is -2.11. The minimum absolute atomic E-state index is 0.213. The summed E-state index contributed by atoms with van der Waals surface area (Å²) in [5.41, 5.74) is 7.47. The average Bonchev–Trinajstić information content (AvgIpc) is 3.46. The molecule has 0 bridgehead atoms. The molecule has 3 aromatic rings. The normalized spacial score (nSPS) is 13.2. The summed E-state index contributed by atoms with van der Waals surface area (Å²) in [7, 11) is 0. The summed E-state index contributed by atoms with van der Waals surface area (Å²) in [6.07, 6.45) is 3.79. The van der Waals surface area contributed by atoms with E-state index in [1.165, 1.54) is 0 Å². The van der Waals surface area contributed by atoms with Gasteiger partial charge in [-0.1, -0.05) is 29.3 Å². The Bertz CT molecular complexity index is 1030. The van der Waals surface area contributed by atoms with Crippen LogP contribution >= 0.6 is 23.2 Å². The molecule has 28 heavy (non-hydrogen) atoms. The fourth-order valence-electron chi connectivity index (χ4n) is 2.75. The van der Waals surface area contributed by atoms with E-state index in [0.29, 0.717) is 23.2 Å². The van der Waals surface area contributed by atoms with Crippen LogP contribution in [0.3, 0.4) is 0 Å². The van der Waals surface area contributed by atoms with Gasteiger partial charge < -0.3 is 16.4 Å². The Kier molecular flexibility index (Phi) is 5.02. The van der Waals surface area contributed by atoms with E-state index in [9.17, 15) is 4.79 Å². The summed E-state index contributed by atoms with van der Waals surface area (Å²) in [5, 5.41) is 6.43. The molecule has 0 atom stereocenters. The Morgan fingerprint density at radius 2 is 1.82 bits per heavy atom. The standard InChI is InChI=1S/C19H16Cl2N6O/c20-12-2-1-3-13(21)17(12)18(28)24-11-6-7-23-15(8-11)26-16-9-14(10-4-5-10)25-19(22)27-16/h1-3,6-10H,4-5H2,(H4,22,23,24,25,26,27,28). The minimum Gasteiger partial charge on any atom is -0.368 e. The maximum absolute atomic E-state index is 12.5. The lowest BCUT2D eigenvalue weighted by molar-refractivity contribution is 0.102. The van der Waals surface area contributed by atoms with Gasteiger partial charge in [-0.2, -0.15) is 4.98 Å². The van der Waals surface area contributed by atoms with Gasteiger partial charge in [-0.15, -0.1) is 0 Å². The van der Waals surface area contributed by atoms with Crippen LogP contribution in [0, 0.1) is 0 Å². The van der Waals surface area contributed by atoms with Gasteiger partial charge in [0.15, 0.2) is 0 Å². The number of nitrogens with one attached hydrogen (secondary N) is 2. The van der Waals surface area contributed by atoms with Crippen molar-refractivity contribution in [1.29, 1.82) is 0 Å². The molecule has 0 aliphatic heterocycles. The van der Waals surface area contributed by atoms with E-state index in [0.717, 1.165) is 18.5 Å². The predicted octanol–water partition coefficient (Wildman–Crippen LogP) is 4.63. The van der Waals surface area contributed by atoms with E-state index in [1.807, 2.05) is 6.07 Å².